The zero-order valence-corrected chi connectivity index (χ0v) is 10.7. The van der Waals surface area contributed by atoms with Gasteiger partial charge in [-0.05, 0) is 30.1 Å². The predicted molar refractivity (Wildman–Crippen MR) is 72.0 cm³/mol. The molecule has 0 radical (unpaired) electrons. The Labute approximate surface area is 107 Å². The number of rotatable bonds is 5. The van der Waals surface area contributed by atoms with Gasteiger partial charge in [0.05, 0.1) is 13.2 Å². The number of morpholine rings is 1. The molecule has 1 aliphatic heterocycles. The SMILES string of the molecule is Nc1cccc(SNCCN2CCOCC2)c1. The van der Waals surface area contributed by atoms with Crippen molar-refractivity contribution >= 4 is 17.6 Å². The number of benzene rings is 1. The highest BCUT2D eigenvalue weighted by atomic mass is 32.2. The highest BCUT2D eigenvalue weighted by Gasteiger charge is 2.08. The Morgan fingerprint density at radius 3 is 2.94 bits per heavy atom. The number of hydrogen-bond donors (Lipinski definition) is 2. The normalized spacial score (nSPS) is 17.2. The summed E-state index contributed by atoms with van der Waals surface area (Å²) in [6, 6.07) is 7.91. The van der Waals surface area contributed by atoms with Gasteiger partial charge in [-0.2, -0.15) is 0 Å². The van der Waals surface area contributed by atoms with Crippen molar-refractivity contribution < 1.29 is 4.74 Å². The maximum atomic E-state index is 5.72. The molecule has 17 heavy (non-hydrogen) atoms. The lowest BCUT2D eigenvalue weighted by molar-refractivity contribution is 0.0391. The minimum absolute atomic E-state index is 0.810. The Balaban J connectivity index is 1.62. The lowest BCUT2D eigenvalue weighted by Crippen LogP contribution is -2.39. The van der Waals surface area contributed by atoms with E-state index in [9.17, 15) is 0 Å². The molecule has 0 aromatic heterocycles. The molecule has 0 saturated carbocycles. The van der Waals surface area contributed by atoms with Gasteiger partial charge in [0.1, 0.15) is 0 Å². The van der Waals surface area contributed by atoms with Crippen molar-refractivity contribution in [1.82, 2.24) is 9.62 Å². The number of ether oxygens (including phenoxy) is 1. The van der Waals surface area contributed by atoms with E-state index >= 15 is 0 Å². The van der Waals surface area contributed by atoms with Gasteiger partial charge in [0.2, 0.25) is 0 Å². The first kappa shape index (κ1) is 12.7. The van der Waals surface area contributed by atoms with Crippen LogP contribution in [0.5, 0.6) is 0 Å². The maximum Gasteiger partial charge on any atom is 0.0594 e. The summed E-state index contributed by atoms with van der Waals surface area (Å²) < 4.78 is 8.66. The van der Waals surface area contributed by atoms with Crippen molar-refractivity contribution in [2.45, 2.75) is 4.90 Å². The number of hydrogen-bond acceptors (Lipinski definition) is 5. The molecule has 0 unspecified atom stereocenters. The van der Waals surface area contributed by atoms with E-state index in [1.165, 1.54) is 0 Å². The molecule has 0 spiro atoms. The molecular formula is C12H19N3OS. The Kier molecular flexibility index (Phi) is 5.12. The van der Waals surface area contributed by atoms with E-state index < -0.39 is 0 Å². The van der Waals surface area contributed by atoms with Crippen LogP contribution in [0.2, 0.25) is 0 Å². The van der Waals surface area contributed by atoms with Gasteiger partial charge in [0.25, 0.3) is 0 Å². The van der Waals surface area contributed by atoms with E-state index in [1.807, 2.05) is 18.2 Å². The lowest BCUT2D eigenvalue weighted by Gasteiger charge is -2.26. The summed E-state index contributed by atoms with van der Waals surface area (Å²) in [6.45, 7) is 5.86. The molecule has 0 amide bonds. The molecule has 1 aromatic rings. The Morgan fingerprint density at radius 1 is 1.35 bits per heavy atom. The molecule has 3 N–H and O–H groups in total. The van der Waals surface area contributed by atoms with Crippen LogP contribution in [-0.4, -0.2) is 44.3 Å². The summed E-state index contributed by atoms with van der Waals surface area (Å²) in [5.41, 5.74) is 6.53. The zero-order valence-electron chi connectivity index (χ0n) is 9.89. The molecule has 94 valence electrons. The molecule has 5 heteroatoms. The molecule has 0 atom stereocenters. The summed E-state index contributed by atoms with van der Waals surface area (Å²) in [7, 11) is 0. The van der Waals surface area contributed by atoms with Crippen LogP contribution in [0.1, 0.15) is 0 Å². The van der Waals surface area contributed by atoms with Gasteiger partial charge in [0, 0.05) is 36.8 Å². The van der Waals surface area contributed by atoms with E-state index in [0.29, 0.717) is 0 Å². The fraction of sp³-hybridized carbons (Fsp3) is 0.500. The third kappa shape index (κ3) is 4.55. The number of nitrogens with one attached hydrogen (secondary N) is 1. The van der Waals surface area contributed by atoms with Crippen molar-refractivity contribution in [1.29, 1.82) is 0 Å². The van der Waals surface area contributed by atoms with Gasteiger partial charge in [-0.15, -0.1) is 0 Å². The van der Waals surface area contributed by atoms with Crippen LogP contribution in [0.15, 0.2) is 29.2 Å². The van der Waals surface area contributed by atoms with Gasteiger partial charge >= 0.3 is 0 Å². The molecule has 1 aromatic carbocycles. The smallest absolute Gasteiger partial charge is 0.0594 e. The molecule has 2 rings (SSSR count). The van der Waals surface area contributed by atoms with Crippen LogP contribution in [0, 0.1) is 0 Å². The predicted octanol–water partition coefficient (Wildman–Crippen LogP) is 1.20. The van der Waals surface area contributed by atoms with Crippen LogP contribution in [0.3, 0.4) is 0 Å². The van der Waals surface area contributed by atoms with Crippen molar-refractivity contribution in [2.24, 2.45) is 0 Å². The molecule has 1 saturated heterocycles. The highest BCUT2D eigenvalue weighted by molar-refractivity contribution is 7.97. The van der Waals surface area contributed by atoms with E-state index in [4.69, 9.17) is 10.5 Å². The number of nitrogens with two attached hydrogens (primary N) is 1. The zero-order chi connectivity index (χ0) is 11.9. The van der Waals surface area contributed by atoms with E-state index in [1.54, 1.807) is 11.9 Å². The topological polar surface area (TPSA) is 50.5 Å². The first-order chi connectivity index (χ1) is 8.34. The largest absolute Gasteiger partial charge is 0.399 e. The minimum atomic E-state index is 0.810. The van der Waals surface area contributed by atoms with Crippen LogP contribution in [0.4, 0.5) is 5.69 Å². The number of nitrogens with zero attached hydrogens (tertiary/aromatic N) is 1. The fourth-order valence-corrected chi connectivity index (χ4v) is 2.44. The van der Waals surface area contributed by atoms with Crippen LogP contribution >= 0.6 is 11.9 Å². The van der Waals surface area contributed by atoms with Crippen molar-refractivity contribution in [2.75, 3.05) is 45.1 Å². The van der Waals surface area contributed by atoms with Gasteiger partial charge in [-0.3, -0.25) is 9.62 Å². The summed E-state index contributed by atoms with van der Waals surface area (Å²) in [6.07, 6.45) is 0. The highest BCUT2D eigenvalue weighted by Crippen LogP contribution is 2.16. The summed E-state index contributed by atoms with van der Waals surface area (Å²) >= 11 is 1.64. The molecular weight excluding hydrogens is 234 g/mol. The van der Waals surface area contributed by atoms with E-state index in [-0.39, 0.29) is 0 Å². The number of nitrogen functional groups attached to an aromatic ring is 1. The molecule has 1 fully saturated rings. The van der Waals surface area contributed by atoms with Crippen LogP contribution in [-0.2, 0) is 4.74 Å². The second kappa shape index (κ2) is 6.86. The lowest BCUT2D eigenvalue weighted by atomic mass is 10.3. The van der Waals surface area contributed by atoms with Gasteiger partial charge < -0.3 is 10.5 Å². The fourth-order valence-electron chi connectivity index (χ4n) is 1.74. The van der Waals surface area contributed by atoms with Crippen molar-refractivity contribution in [3.8, 4) is 0 Å². The summed E-state index contributed by atoms with van der Waals surface area (Å²) in [4.78, 5) is 3.57. The average molecular weight is 253 g/mol. The first-order valence-electron chi connectivity index (χ1n) is 5.90. The van der Waals surface area contributed by atoms with Gasteiger partial charge in [-0.25, -0.2) is 0 Å². The number of anilines is 1. The van der Waals surface area contributed by atoms with Crippen molar-refractivity contribution in [3.05, 3.63) is 24.3 Å². The monoisotopic (exact) mass is 253 g/mol. The summed E-state index contributed by atoms with van der Waals surface area (Å²) in [5, 5.41) is 0. The maximum absolute atomic E-state index is 5.72. The second-order valence-corrected chi connectivity index (χ2v) is 4.99. The minimum Gasteiger partial charge on any atom is -0.399 e. The Hall–Kier alpha value is -0.750. The molecule has 4 nitrogen and oxygen atoms in total. The van der Waals surface area contributed by atoms with E-state index in [0.717, 1.165) is 50.0 Å². The third-order valence-corrected chi connectivity index (χ3v) is 3.52. The van der Waals surface area contributed by atoms with Crippen LogP contribution < -0.4 is 10.5 Å². The molecule has 0 bridgehead atoms. The average Bonchev–Trinajstić information content (AvgIpc) is 2.36. The Morgan fingerprint density at radius 2 is 2.18 bits per heavy atom. The van der Waals surface area contributed by atoms with Crippen LogP contribution in [0.25, 0.3) is 0 Å². The molecule has 1 aliphatic rings. The summed E-state index contributed by atoms with van der Waals surface area (Å²) in [5.74, 6) is 0. The standard InChI is InChI=1S/C12H19N3OS/c13-11-2-1-3-12(10-11)17-14-4-5-15-6-8-16-9-7-15/h1-3,10,14H,4-9,13H2. The van der Waals surface area contributed by atoms with E-state index in [2.05, 4.69) is 15.7 Å². The first-order valence-corrected chi connectivity index (χ1v) is 6.71. The third-order valence-electron chi connectivity index (χ3n) is 2.68. The van der Waals surface area contributed by atoms with Crippen molar-refractivity contribution in [3.63, 3.8) is 0 Å². The molecule has 0 aliphatic carbocycles. The van der Waals surface area contributed by atoms with Gasteiger partial charge in [0.15, 0.2) is 0 Å². The molecule has 1 heterocycles. The Bertz CT molecular complexity index is 342. The quantitative estimate of drug-likeness (QED) is 0.469. The van der Waals surface area contributed by atoms with Gasteiger partial charge in [-0.1, -0.05) is 6.07 Å². The second-order valence-electron chi connectivity index (χ2n) is 4.02.